The molecule has 0 spiro atoms. The Morgan fingerprint density at radius 3 is 2.45 bits per heavy atom. The number of unbranched alkanes of at least 4 members (excludes halogenated alkanes) is 1. The summed E-state index contributed by atoms with van der Waals surface area (Å²) in [4.78, 5) is 0. The molecule has 2 aromatic carbocycles. The van der Waals surface area contributed by atoms with E-state index in [1.54, 1.807) is 6.07 Å². The molecule has 0 saturated carbocycles. The number of hydrogen-bond donors (Lipinski definition) is 1. The Morgan fingerprint density at radius 2 is 1.80 bits per heavy atom. The molecule has 0 amide bonds. The minimum atomic E-state index is -0.714. The quantitative estimate of drug-likeness (QED) is 0.788. The largest absolute Gasteiger partial charge is 0.494 e. The maximum atomic E-state index is 10.4. The van der Waals surface area contributed by atoms with Gasteiger partial charge in [0.05, 0.1) is 6.61 Å². The Balaban J connectivity index is 2.08. The van der Waals surface area contributed by atoms with Crippen LogP contribution in [0.2, 0.25) is 5.02 Å². The lowest BCUT2D eigenvalue weighted by Crippen LogP contribution is -2.01. The smallest absolute Gasteiger partial charge is 0.119 e. The van der Waals surface area contributed by atoms with Gasteiger partial charge in [0.2, 0.25) is 0 Å². The Hall–Kier alpha value is -1.51. The topological polar surface area (TPSA) is 29.5 Å². The molecular weight excluding hydrogens is 272 g/mol. The van der Waals surface area contributed by atoms with Crippen LogP contribution in [0.25, 0.3) is 0 Å². The van der Waals surface area contributed by atoms with Crippen molar-refractivity contribution in [2.24, 2.45) is 0 Å². The van der Waals surface area contributed by atoms with E-state index in [2.05, 4.69) is 6.92 Å². The molecule has 3 heteroatoms. The lowest BCUT2D eigenvalue weighted by molar-refractivity contribution is 0.220. The lowest BCUT2D eigenvalue weighted by Gasteiger charge is -2.14. The Kier molecular flexibility index (Phi) is 5.45. The Morgan fingerprint density at radius 1 is 1.10 bits per heavy atom. The SMILES string of the molecule is CCCCOc1ccc(C(O)c2ccccc2Cl)cc1. The number of aliphatic hydroxyl groups excluding tert-OH is 1. The number of benzene rings is 2. The molecule has 2 nitrogen and oxygen atoms in total. The normalized spacial score (nSPS) is 12.2. The predicted octanol–water partition coefficient (Wildman–Crippen LogP) is 4.60. The average Bonchev–Trinajstić information content (AvgIpc) is 2.48. The van der Waals surface area contributed by atoms with Crippen LogP contribution in [-0.4, -0.2) is 11.7 Å². The third-order valence-electron chi connectivity index (χ3n) is 3.16. The van der Waals surface area contributed by atoms with Crippen molar-refractivity contribution in [2.75, 3.05) is 6.61 Å². The van der Waals surface area contributed by atoms with E-state index < -0.39 is 6.10 Å². The highest BCUT2D eigenvalue weighted by Gasteiger charge is 2.13. The molecule has 0 bridgehead atoms. The van der Waals surface area contributed by atoms with Crippen LogP contribution in [0, 0.1) is 0 Å². The first-order chi connectivity index (χ1) is 9.72. The Labute approximate surface area is 125 Å². The van der Waals surface area contributed by atoms with Crippen molar-refractivity contribution in [3.63, 3.8) is 0 Å². The fourth-order valence-electron chi connectivity index (χ4n) is 1.96. The summed E-state index contributed by atoms with van der Waals surface area (Å²) in [6.07, 6.45) is 1.45. The minimum Gasteiger partial charge on any atom is -0.494 e. The molecule has 0 fully saturated rings. The van der Waals surface area contributed by atoms with Crippen LogP contribution in [-0.2, 0) is 0 Å². The van der Waals surface area contributed by atoms with Gasteiger partial charge < -0.3 is 9.84 Å². The van der Waals surface area contributed by atoms with E-state index >= 15 is 0 Å². The van der Waals surface area contributed by atoms with Gasteiger partial charge in [0.15, 0.2) is 0 Å². The number of aliphatic hydroxyl groups is 1. The first-order valence-electron chi connectivity index (χ1n) is 6.87. The summed E-state index contributed by atoms with van der Waals surface area (Å²) >= 11 is 6.10. The first kappa shape index (κ1) is 14.9. The number of rotatable bonds is 6. The third-order valence-corrected chi connectivity index (χ3v) is 3.51. The van der Waals surface area contributed by atoms with E-state index in [1.165, 1.54) is 0 Å². The summed E-state index contributed by atoms with van der Waals surface area (Å²) < 4.78 is 5.60. The molecule has 0 aliphatic rings. The van der Waals surface area contributed by atoms with Crippen LogP contribution in [0.3, 0.4) is 0 Å². The van der Waals surface area contributed by atoms with Crippen molar-refractivity contribution in [1.82, 2.24) is 0 Å². The molecule has 0 aliphatic carbocycles. The summed E-state index contributed by atoms with van der Waals surface area (Å²) in [7, 11) is 0. The van der Waals surface area contributed by atoms with Gasteiger partial charge in [-0.25, -0.2) is 0 Å². The van der Waals surface area contributed by atoms with Crippen LogP contribution < -0.4 is 4.74 Å². The van der Waals surface area contributed by atoms with E-state index in [1.807, 2.05) is 42.5 Å². The van der Waals surface area contributed by atoms with Gasteiger partial charge in [0, 0.05) is 10.6 Å². The second-order valence-corrected chi connectivity index (χ2v) is 5.10. The zero-order valence-corrected chi connectivity index (χ0v) is 12.3. The van der Waals surface area contributed by atoms with Crippen molar-refractivity contribution >= 4 is 11.6 Å². The molecule has 0 aromatic heterocycles. The third kappa shape index (κ3) is 3.75. The van der Waals surface area contributed by atoms with Gasteiger partial charge in [-0.3, -0.25) is 0 Å². The van der Waals surface area contributed by atoms with Crippen LogP contribution in [0.1, 0.15) is 37.0 Å². The monoisotopic (exact) mass is 290 g/mol. The summed E-state index contributed by atoms with van der Waals surface area (Å²) in [5.74, 6) is 0.827. The molecule has 0 saturated heterocycles. The molecule has 1 unspecified atom stereocenters. The molecular formula is C17H19ClO2. The van der Waals surface area contributed by atoms with E-state index in [9.17, 15) is 5.11 Å². The number of ether oxygens (including phenoxy) is 1. The van der Waals surface area contributed by atoms with Crippen molar-refractivity contribution in [2.45, 2.75) is 25.9 Å². The molecule has 1 N–H and O–H groups in total. The van der Waals surface area contributed by atoms with Gasteiger partial charge in [-0.15, -0.1) is 0 Å². The van der Waals surface area contributed by atoms with Gasteiger partial charge in [-0.05, 0) is 30.2 Å². The Bertz CT molecular complexity index is 537. The van der Waals surface area contributed by atoms with Crippen molar-refractivity contribution < 1.29 is 9.84 Å². The van der Waals surface area contributed by atoms with Crippen LogP contribution in [0.4, 0.5) is 0 Å². The molecule has 20 heavy (non-hydrogen) atoms. The van der Waals surface area contributed by atoms with Gasteiger partial charge in [-0.2, -0.15) is 0 Å². The highest BCUT2D eigenvalue weighted by atomic mass is 35.5. The minimum absolute atomic E-state index is 0.572. The predicted molar refractivity (Wildman–Crippen MR) is 82.4 cm³/mol. The molecule has 1 atom stereocenters. The van der Waals surface area contributed by atoms with Crippen molar-refractivity contribution in [1.29, 1.82) is 0 Å². The van der Waals surface area contributed by atoms with Gasteiger partial charge in [0.1, 0.15) is 11.9 Å². The van der Waals surface area contributed by atoms with E-state index in [4.69, 9.17) is 16.3 Å². The zero-order chi connectivity index (χ0) is 14.4. The van der Waals surface area contributed by atoms with Crippen LogP contribution in [0.5, 0.6) is 5.75 Å². The van der Waals surface area contributed by atoms with E-state index in [0.29, 0.717) is 10.6 Å². The second kappa shape index (κ2) is 7.32. The van der Waals surface area contributed by atoms with Gasteiger partial charge in [0.25, 0.3) is 0 Å². The highest BCUT2D eigenvalue weighted by Crippen LogP contribution is 2.28. The zero-order valence-electron chi connectivity index (χ0n) is 11.6. The maximum Gasteiger partial charge on any atom is 0.119 e. The summed E-state index contributed by atoms with van der Waals surface area (Å²) in [5.41, 5.74) is 1.52. The summed E-state index contributed by atoms with van der Waals surface area (Å²) in [6.45, 7) is 2.86. The summed E-state index contributed by atoms with van der Waals surface area (Å²) in [6, 6.07) is 14.8. The molecule has 0 radical (unpaired) electrons. The standard InChI is InChI=1S/C17H19ClO2/c1-2-3-12-20-14-10-8-13(9-11-14)17(19)15-6-4-5-7-16(15)18/h4-11,17,19H,2-3,12H2,1H3. The summed E-state index contributed by atoms with van der Waals surface area (Å²) in [5, 5.41) is 10.9. The second-order valence-electron chi connectivity index (χ2n) is 4.70. The molecule has 106 valence electrons. The highest BCUT2D eigenvalue weighted by molar-refractivity contribution is 6.31. The van der Waals surface area contributed by atoms with Crippen molar-refractivity contribution in [3.05, 3.63) is 64.7 Å². The van der Waals surface area contributed by atoms with Gasteiger partial charge >= 0.3 is 0 Å². The fraction of sp³-hybridized carbons (Fsp3) is 0.294. The van der Waals surface area contributed by atoms with E-state index in [0.717, 1.165) is 30.8 Å². The van der Waals surface area contributed by atoms with Crippen LogP contribution in [0.15, 0.2) is 48.5 Å². The number of hydrogen-bond acceptors (Lipinski definition) is 2. The van der Waals surface area contributed by atoms with Gasteiger partial charge in [-0.1, -0.05) is 55.3 Å². The fourth-order valence-corrected chi connectivity index (χ4v) is 2.20. The maximum absolute atomic E-state index is 10.4. The van der Waals surface area contributed by atoms with Crippen LogP contribution >= 0.6 is 11.6 Å². The molecule has 2 rings (SSSR count). The molecule has 2 aromatic rings. The lowest BCUT2D eigenvalue weighted by atomic mass is 10.0. The number of halogens is 1. The molecule has 0 heterocycles. The van der Waals surface area contributed by atoms with E-state index in [-0.39, 0.29) is 0 Å². The van der Waals surface area contributed by atoms with Crippen molar-refractivity contribution in [3.8, 4) is 5.75 Å². The average molecular weight is 291 g/mol. The first-order valence-corrected chi connectivity index (χ1v) is 7.25. The molecule has 0 aliphatic heterocycles.